The predicted molar refractivity (Wildman–Crippen MR) is 95.8 cm³/mol. The Morgan fingerprint density at radius 3 is 2.50 bits per heavy atom. The van der Waals surface area contributed by atoms with Crippen LogP contribution in [0.5, 0.6) is 11.5 Å². The second-order valence-corrected chi connectivity index (χ2v) is 5.36. The normalized spacial score (nSPS) is 9.85. The van der Waals surface area contributed by atoms with Crippen molar-refractivity contribution >= 4 is 17.5 Å². The molecule has 7 nitrogen and oxygen atoms in total. The van der Waals surface area contributed by atoms with E-state index < -0.39 is 5.91 Å². The summed E-state index contributed by atoms with van der Waals surface area (Å²) in [5.41, 5.74) is 6.27. The lowest BCUT2D eigenvalue weighted by molar-refractivity contribution is -0.120. The van der Waals surface area contributed by atoms with E-state index in [0.29, 0.717) is 22.7 Å². The summed E-state index contributed by atoms with van der Waals surface area (Å²) >= 11 is 0. The minimum absolute atomic E-state index is 0.0425. The van der Waals surface area contributed by atoms with Crippen molar-refractivity contribution in [2.75, 3.05) is 25.2 Å². The van der Waals surface area contributed by atoms with E-state index >= 15 is 0 Å². The summed E-state index contributed by atoms with van der Waals surface area (Å²) in [7, 11) is 1.45. The zero-order valence-corrected chi connectivity index (χ0v) is 14.3. The zero-order chi connectivity index (χ0) is 18.9. The summed E-state index contributed by atoms with van der Waals surface area (Å²) in [5, 5.41) is 8.92. The molecule has 0 aliphatic rings. The maximum Gasteiger partial charge on any atom is 0.264 e. The number of hydrogen-bond acceptors (Lipinski definition) is 5. The van der Waals surface area contributed by atoms with Gasteiger partial charge in [0.1, 0.15) is 0 Å². The summed E-state index contributed by atoms with van der Waals surface area (Å²) in [4.78, 5) is 25.1. The van der Waals surface area contributed by atoms with Gasteiger partial charge in [0.2, 0.25) is 5.91 Å². The summed E-state index contributed by atoms with van der Waals surface area (Å²) in [6.45, 7) is -0.0953. The molecule has 2 aromatic rings. The van der Waals surface area contributed by atoms with Crippen LogP contribution in [-0.4, -0.2) is 32.1 Å². The van der Waals surface area contributed by atoms with Crippen molar-refractivity contribution in [1.29, 1.82) is 5.26 Å². The molecule has 0 fully saturated rings. The number of nitriles is 1. The Balaban J connectivity index is 2.12. The molecule has 7 heteroatoms. The van der Waals surface area contributed by atoms with Gasteiger partial charge in [-0.3, -0.25) is 9.59 Å². The number of nitrogens with two attached hydrogens (primary N) is 1. The number of amides is 2. The lowest BCUT2D eigenvalue weighted by Gasteiger charge is -2.22. The maximum atomic E-state index is 12.6. The number of anilines is 1. The summed E-state index contributed by atoms with van der Waals surface area (Å²) in [6, 6.07) is 15.6. The lowest BCUT2D eigenvalue weighted by Crippen LogP contribution is -2.37. The van der Waals surface area contributed by atoms with Crippen LogP contribution in [0.2, 0.25) is 0 Å². The highest BCUT2D eigenvalue weighted by atomic mass is 16.5. The Labute approximate surface area is 151 Å². The maximum absolute atomic E-state index is 12.6. The number of rotatable bonds is 8. The van der Waals surface area contributed by atoms with Gasteiger partial charge in [0.15, 0.2) is 18.1 Å². The average molecular weight is 353 g/mol. The molecule has 26 heavy (non-hydrogen) atoms. The molecule has 2 amide bonds. The van der Waals surface area contributed by atoms with Crippen molar-refractivity contribution in [1.82, 2.24) is 0 Å². The van der Waals surface area contributed by atoms with Crippen LogP contribution in [0.4, 0.5) is 5.69 Å². The monoisotopic (exact) mass is 353 g/mol. The molecule has 2 rings (SSSR count). The van der Waals surface area contributed by atoms with Gasteiger partial charge in [-0.25, -0.2) is 0 Å². The molecule has 0 unspecified atom stereocenters. The fourth-order valence-electron chi connectivity index (χ4n) is 2.30. The number of ether oxygens (including phenoxy) is 2. The van der Waals surface area contributed by atoms with Crippen molar-refractivity contribution in [3.63, 3.8) is 0 Å². The number of hydrogen-bond donors (Lipinski definition) is 1. The van der Waals surface area contributed by atoms with Gasteiger partial charge >= 0.3 is 0 Å². The molecule has 0 bridgehead atoms. The molecule has 0 aliphatic carbocycles. The highest BCUT2D eigenvalue weighted by Gasteiger charge is 2.18. The third kappa shape index (κ3) is 4.98. The highest BCUT2D eigenvalue weighted by Crippen LogP contribution is 2.28. The van der Waals surface area contributed by atoms with Crippen LogP contribution in [0.15, 0.2) is 48.5 Å². The Morgan fingerprint density at radius 2 is 1.88 bits per heavy atom. The van der Waals surface area contributed by atoms with Crippen LogP contribution < -0.4 is 20.1 Å². The van der Waals surface area contributed by atoms with Gasteiger partial charge in [0.05, 0.1) is 18.7 Å². The van der Waals surface area contributed by atoms with E-state index in [0.717, 1.165) is 0 Å². The largest absolute Gasteiger partial charge is 0.493 e. The molecule has 0 heterocycles. The number of primary amides is 1. The van der Waals surface area contributed by atoms with Crippen molar-refractivity contribution in [3.8, 4) is 17.6 Å². The zero-order valence-electron chi connectivity index (χ0n) is 14.3. The number of carbonyl (C=O) groups is 2. The fraction of sp³-hybridized carbons (Fsp3) is 0.211. The van der Waals surface area contributed by atoms with Gasteiger partial charge in [-0.15, -0.1) is 0 Å². The molecule has 0 spiro atoms. The number of methoxy groups -OCH3 is 1. The van der Waals surface area contributed by atoms with Gasteiger partial charge in [0.25, 0.3) is 5.91 Å². The van der Waals surface area contributed by atoms with Gasteiger partial charge in [0, 0.05) is 24.7 Å². The topological polar surface area (TPSA) is 106 Å². The SMILES string of the molecule is COc1cc(C#N)ccc1OCC(=O)N(CCC(N)=O)c1ccccc1. The molecule has 0 atom stereocenters. The minimum Gasteiger partial charge on any atom is -0.493 e. The first-order valence-corrected chi connectivity index (χ1v) is 7.89. The Bertz CT molecular complexity index is 815. The third-order valence-corrected chi connectivity index (χ3v) is 3.59. The third-order valence-electron chi connectivity index (χ3n) is 3.59. The van der Waals surface area contributed by atoms with Crippen LogP contribution in [-0.2, 0) is 9.59 Å². The second-order valence-electron chi connectivity index (χ2n) is 5.36. The molecule has 2 aromatic carbocycles. The Hall–Kier alpha value is -3.53. The van der Waals surface area contributed by atoms with E-state index in [9.17, 15) is 9.59 Å². The number of carbonyl (C=O) groups excluding carboxylic acids is 2. The van der Waals surface area contributed by atoms with Crippen LogP contribution in [0.1, 0.15) is 12.0 Å². The van der Waals surface area contributed by atoms with E-state index in [-0.39, 0.29) is 25.5 Å². The van der Waals surface area contributed by atoms with E-state index in [1.54, 1.807) is 36.4 Å². The summed E-state index contributed by atoms with van der Waals surface area (Å²) in [5.74, 6) is -0.111. The van der Waals surface area contributed by atoms with Crippen LogP contribution in [0, 0.1) is 11.3 Å². The molecular weight excluding hydrogens is 334 g/mol. The minimum atomic E-state index is -0.492. The molecule has 0 saturated carbocycles. The molecule has 0 aliphatic heterocycles. The van der Waals surface area contributed by atoms with Crippen molar-refractivity contribution in [2.24, 2.45) is 5.73 Å². The van der Waals surface area contributed by atoms with Gasteiger partial charge in [-0.05, 0) is 24.3 Å². The molecule has 0 saturated heterocycles. The Morgan fingerprint density at radius 1 is 1.15 bits per heavy atom. The molecular formula is C19H19N3O4. The first-order valence-electron chi connectivity index (χ1n) is 7.89. The molecule has 2 N–H and O–H groups in total. The van der Waals surface area contributed by atoms with Gasteiger partial charge in [-0.1, -0.05) is 18.2 Å². The fourth-order valence-corrected chi connectivity index (χ4v) is 2.30. The van der Waals surface area contributed by atoms with E-state index in [4.69, 9.17) is 20.5 Å². The summed E-state index contributed by atoms with van der Waals surface area (Å²) in [6.07, 6.45) is 0.0425. The smallest absolute Gasteiger partial charge is 0.264 e. The lowest BCUT2D eigenvalue weighted by atomic mass is 10.2. The first kappa shape index (κ1) is 18.8. The molecule has 134 valence electrons. The first-order chi connectivity index (χ1) is 12.5. The van der Waals surface area contributed by atoms with Crippen LogP contribution >= 0.6 is 0 Å². The van der Waals surface area contributed by atoms with E-state index in [2.05, 4.69) is 0 Å². The number of nitrogens with zero attached hydrogens (tertiary/aromatic N) is 2. The van der Waals surface area contributed by atoms with Crippen molar-refractivity contribution in [2.45, 2.75) is 6.42 Å². The van der Waals surface area contributed by atoms with Crippen molar-refractivity contribution < 1.29 is 19.1 Å². The standard InChI is InChI=1S/C19H19N3O4/c1-25-17-11-14(12-20)7-8-16(17)26-13-19(24)22(10-9-18(21)23)15-5-3-2-4-6-15/h2-8,11H,9-10,13H2,1H3,(H2,21,23). The van der Waals surface area contributed by atoms with Gasteiger partial charge in [-0.2, -0.15) is 5.26 Å². The predicted octanol–water partition coefficient (Wildman–Crippen LogP) is 1.85. The average Bonchev–Trinajstić information content (AvgIpc) is 2.66. The molecule has 0 radical (unpaired) electrons. The van der Waals surface area contributed by atoms with E-state index in [1.165, 1.54) is 18.1 Å². The number of benzene rings is 2. The van der Waals surface area contributed by atoms with Crippen molar-refractivity contribution in [3.05, 3.63) is 54.1 Å². The number of para-hydroxylation sites is 1. The van der Waals surface area contributed by atoms with Crippen LogP contribution in [0.3, 0.4) is 0 Å². The van der Waals surface area contributed by atoms with Gasteiger partial charge < -0.3 is 20.1 Å². The van der Waals surface area contributed by atoms with Crippen LogP contribution in [0.25, 0.3) is 0 Å². The summed E-state index contributed by atoms with van der Waals surface area (Å²) < 4.78 is 10.7. The quantitative estimate of drug-likeness (QED) is 0.780. The highest BCUT2D eigenvalue weighted by molar-refractivity contribution is 5.95. The Kier molecular flexibility index (Phi) is 6.57. The van der Waals surface area contributed by atoms with E-state index in [1.807, 2.05) is 12.1 Å². The second kappa shape index (κ2) is 9.08. The molecule has 0 aromatic heterocycles.